The summed E-state index contributed by atoms with van der Waals surface area (Å²) in [6, 6.07) is 0. The molecule has 0 saturated carbocycles. The minimum Gasteiger partial charge on any atom is -0.160 e. The van der Waals surface area contributed by atoms with Crippen molar-refractivity contribution in [3.8, 4) is 0 Å². The lowest BCUT2D eigenvalue weighted by Crippen LogP contribution is -2.20. The van der Waals surface area contributed by atoms with Crippen molar-refractivity contribution in [2.75, 3.05) is 22.8 Å². The van der Waals surface area contributed by atoms with E-state index < -0.39 is 0 Å². The zero-order valence-corrected chi connectivity index (χ0v) is 7.37. The molecule has 0 aromatic heterocycles. The summed E-state index contributed by atoms with van der Waals surface area (Å²) < 4.78 is 0. The van der Waals surface area contributed by atoms with Gasteiger partial charge in [-0.3, -0.25) is 0 Å². The first-order valence-electron chi connectivity index (χ1n) is 2.62. The molecule has 0 aromatic rings. The molecule has 1 saturated heterocycles. The second-order valence-corrected chi connectivity index (χ2v) is 5.33. The molecule has 1 aliphatic heterocycles. The van der Waals surface area contributed by atoms with Gasteiger partial charge in [0.1, 0.15) is 0 Å². The molecule has 0 aromatic carbocycles. The molecule has 0 nitrogen and oxygen atoms in total. The van der Waals surface area contributed by atoms with Gasteiger partial charge >= 0.3 is 0 Å². The Balaban J connectivity index is 1.86. The summed E-state index contributed by atoms with van der Waals surface area (Å²) in [5.74, 6) is 2.79. The Labute approximate surface area is 63.6 Å². The monoisotopic (exact) mass is 166 g/mol. The van der Waals surface area contributed by atoms with Crippen LogP contribution in [0.5, 0.6) is 0 Å². The minimum absolute atomic E-state index is 0.993. The number of hydrogen-bond acceptors (Lipinski definition) is 3. The molecule has 8 heavy (non-hydrogen) atoms. The molecule has 0 aliphatic carbocycles. The number of rotatable bonds is 3. The van der Waals surface area contributed by atoms with Crippen LogP contribution in [0.2, 0.25) is 0 Å². The third kappa shape index (κ3) is 2.11. The van der Waals surface area contributed by atoms with E-state index in [0.717, 1.165) is 5.25 Å². The van der Waals surface area contributed by atoms with E-state index >= 15 is 0 Å². The Kier molecular flexibility index (Phi) is 3.55. The normalized spacial score (nSPS) is 20.6. The molecule has 3 heteroatoms. The molecule has 1 heterocycles. The average Bonchev–Trinajstić information content (AvgIpc) is 1.63. The van der Waals surface area contributed by atoms with Crippen molar-refractivity contribution in [3.63, 3.8) is 0 Å². The fraction of sp³-hybridized carbons (Fsp3) is 1.00. The van der Waals surface area contributed by atoms with Crippen LogP contribution < -0.4 is 0 Å². The summed E-state index contributed by atoms with van der Waals surface area (Å²) in [6.07, 6.45) is 2.17. The van der Waals surface area contributed by atoms with Crippen molar-refractivity contribution in [2.45, 2.75) is 5.25 Å². The zero-order valence-electron chi connectivity index (χ0n) is 4.92. The maximum atomic E-state index is 2.17. The molecule has 1 fully saturated rings. The van der Waals surface area contributed by atoms with E-state index in [4.69, 9.17) is 0 Å². The number of hydrogen-bond donors (Lipinski definition) is 0. The molecule has 0 unspecified atom stereocenters. The van der Waals surface area contributed by atoms with Crippen molar-refractivity contribution in [1.29, 1.82) is 0 Å². The van der Waals surface area contributed by atoms with Gasteiger partial charge in [0.15, 0.2) is 0 Å². The summed E-state index contributed by atoms with van der Waals surface area (Å²) in [5.41, 5.74) is 0. The summed E-state index contributed by atoms with van der Waals surface area (Å²) in [4.78, 5) is 0. The summed E-state index contributed by atoms with van der Waals surface area (Å²) in [7, 11) is 0. The SMILES string of the molecule is CSCSC1CSC1. The maximum Gasteiger partial charge on any atom is 0.0392 e. The van der Waals surface area contributed by atoms with Gasteiger partial charge in [0.25, 0.3) is 0 Å². The first-order chi connectivity index (χ1) is 3.93. The fourth-order valence-corrected chi connectivity index (χ4v) is 3.56. The van der Waals surface area contributed by atoms with Crippen LogP contribution in [0.25, 0.3) is 0 Å². The zero-order chi connectivity index (χ0) is 5.82. The van der Waals surface area contributed by atoms with Crippen LogP contribution in [0.4, 0.5) is 0 Å². The smallest absolute Gasteiger partial charge is 0.0392 e. The van der Waals surface area contributed by atoms with E-state index in [0.29, 0.717) is 0 Å². The molecule has 0 bridgehead atoms. The van der Waals surface area contributed by atoms with Crippen LogP contribution in [0.15, 0.2) is 0 Å². The van der Waals surface area contributed by atoms with Crippen molar-refractivity contribution in [3.05, 3.63) is 0 Å². The van der Waals surface area contributed by atoms with Gasteiger partial charge in [0.2, 0.25) is 0 Å². The van der Waals surface area contributed by atoms with Crippen molar-refractivity contribution >= 4 is 35.3 Å². The second kappa shape index (κ2) is 3.96. The fourth-order valence-electron chi connectivity index (χ4n) is 0.475. The highest BCUT2D eigenvalue weighted by Crippen LogP contribution is 2.30. The molecule has 0 spiro atoms. The van der Waals surface area contributed by atoms with Crippen LogP contribution in [0.1, 0.15) is 0 Å². The van der Waals surface area contributed by atoms with Crippen LogP contribution in [-0.4, -0.2) is 28.1 Å². The molecule has 0 radical (unpaired) electrons. The van der Waals surface area contributed by atoms with Gasteiger partial charge in [-0.2, -0.15) is 23.5 Å². The quantitative estimate of drug-likeness (QED) is 0.590. The Bertz CT molecular complexity index is 60.7. The molecule has 0 amide bonds. The van der Waals surface area contributed by atoms with Crippen molar-refractivity contribution in [1.82, 2.24) is 0 Å². The Morgan fingerprint density at radius 1 is 1.62 bits per heavy atom. The lowest BCUT2D eigenvalue weighted by molar-refractivity contribution is 1.09. The van der Waals surface area contributed by atoms with E-state index in [1.54, 1.807) is 0 Å². The largest absolute Gasteiger partial charge is 0.160 e. The van der Waals surface area contributed by atoms with Gasteiger partial charge in [-0.15, -0.1) is 11.8 Å². The first-order valence-corrected chi connectivity index (χ1v) is 6.21. The predicted octanol–water partition coefficient (Wildman–Crippen LogP) is 2.16. The third-order valence-electron chi connectivity index (χ3n) is 1.03. The average molecular weight is 166 g/mol. The van der Waals surface area contributed by atoms with Gasteiger partial charge in [0.05, 0.1) is 0 Å². The van der Waals surface area contributed by atoms with Crippen molar-refractivity contribution in [2.24, 2.45) is 0 Å². The summed E-state index contributed by atoms with van der Waals surface area (Å²) >= 11 is 6.10. The molecular formula is C5H10S3. The van der Waals surface area contributed by atoms with E-state index in [-0.39, 0.29) is 0 Å². The lowest BCUT2D eigenvalue weighted by Gasteiger charge is -2.23. The van der Waals surface area contributed by atoms with Crippen molar-refractivity contribution < 1.29 is 0 Å². The highest BCUT2D eigenvalue weighted by Gasteiger charge is 2.17. The van der Waals surface area contributed by atoms with E-state index in [9.17, 15) is 0 Å². The minimum atomic E-state index is 0.993. The topological polar surface area (TPSA) is 0 Å². The third-order valence-corrected chi connectivity index (χ3v) is 5.02. The molecular weight excluding hydrogens is 156 g/mol. The van der Waals surface area contributed by atoms with Gasteiger partial charge < -0.3 is 0 Å². The first kappa shape index (κ1) is 7.16. The Morgan fingerprint density at radius 2 is 2.38 bits per heavy atom. The van der Waals surface area contributed by atoms with Gasteiger partial charge in [-0.1, -0.05) is 0 Å². The molecule has 0 N–H and O–H groups in total. The molecule has 0 atom stereocenters. The maximum absolute atomic E-state index is 2.17. The Hall–Kier alpha value is 1.05. The predicted molar refractivity (Wildman–Crippen MR) is 47.1 cm³/mol. The summed E-state index contributed by atoms with van der Waals surface area (Å²) in [5, 5.41) is 2.28. The number of thioether (sulfide) groups is 3. The van der Waals surface area contributed by atoms with E-state index in [2.05, 4.69) is 29.8 Å². The second-order valence-electron chi connectivity index (χ2n) is 1.73. The van der Waals surface area contributed by atoms with Crippen LogP contribution in [0.3, 0.4) is 0 Å². The Morgan fingerprint density at radius 3 is 2.75 bits per heavy atom. The van der Waals surface area contributed by atoms with E-state index in [1.165, 1.54) is 16.6 Å². The van der Waals surface area contributed by atoms with Crippen LogP contribution in [-0.2, 0) is 0 Å². The highest BCUT2D eigenvalue weighted by molar-refractivity contribution is 8.17. The van der Waals surface area contributed by atoms with Gasteiger partial charge in [0, 0.05) is 21.8 Å². The molecule has 1 aliphatic rings. The molecule has 48 valence electrons. The van der Waals surface area contributed by atoms with Gasteiger partial charge in [-0.25, -0.2) is 0 Å². The van der Waals surface area contributed by atoms with Gasteiger partial charge in [-0.05, 0) is 6.26 Å². The van der Waals surface area contributed by atoms with Crippen LogP contribution in [0, 0.1) is 0 Å². The van der Waals surface area contributed by atoms with E-state index in [1.807, 2.05) is 11.8 Å². The van der Waals surface area contributed by atoms with Crippen LogP contribution >= 0.6 is 35.3 Å². The molecule has 1 rings (SSSR count). The highest BCUT2D eigenvalue weighted by atomic mass is 32.2. The standard InChI is InChI=1S/C5H10S3/c1-6-4-8-5-2-7-3-5/h5H,2-4H2,1H3. The lowest BCUT2D eigenvalue weighted by atomic mass is 10.5. The summed E-state index contributed by atoms with van der Waals surface area (Å²) in [6.45, 7) is 0.